The summed E-state index contributed by atoms with van der Waals surface area (Å²) < 4.78 is 24.3. The number of aromatic nitrogens is 4. The summed E-state index contributed by atoms with van der Waals surface area (Å²) >= 11 is 0. The number of quaternary nitrogens is 1. The number of likely N-dealkylation sites (N-methyl/N-ethyl adjacent to an activating group) is 1. The SMILES string of the molecule is COc1ccc(-n2nnnc2C2c3c(cc4c(c3OC)OCO4)CC[N+]2(C)CC(=N)[O-])cc1.I. The molecule has 12 heteroatoms. The lowest BCUT2D eigenvalue weighted by Crippen LogP contribution is -2.56. The summed E-state index contributed by atoms with van der Waals surface area (Å²) in [6.07, 6.45) is 0.673. The first kappa shape index (κ1) is 24.0. The molecule has 2 unspecified atom stereocenters. The van der Waals surface area contributed by atoms with Crippen molar-refractivity contribution < 1.29 is 28.5 Å². The predicted molar refractivity (Wildman–Crippen MR) is 129 cm³/mol. The summed E-state index contributed by atoms with van der Waals surface area (Å²) in [6.45, 7) is 0.720. The van der Waals surface area contributed by atoms with Gasteiger partial charge in [0.05, 0.1) is 39.1 Å². The van der Waals surface area contributed by atoms with Gasteiger partial charge in [0.2, 0.25) is 18.4 Å². The average Bonchev–Trinajstić information content (AvgIpc) is 3.46. The van der Waals surface area contributed by atoms with Gasteiger partial charge in [-0.15, -0.1) is 29.1 Å². The first-order chi connectivity index (χ1) is 15.9. The van der Waals surface area contributed by atoms with Crippen LogP contribution in [0.1, 0.15) is 23.0 Å². The van der Waals surface area contributed by atoms with Crippen LogP contribution in [0.5, 0.6) is 23.0 Å². The van der Waals surface area contributed by atoms with Crippen molar-refractivity contribution in [1.82, 2.24) is 20.2 Å². The number of tetrazole rings is 1. The summed E-state index contributed by atoms with van der Waals surface area (Å²) in [5, 5.41) is 32.3. The van der Waals surface area contributed by atoms with Crippen LogP contribution in [-0.2, 0) is 6.42 Å². The molecular formula is C22H25IN6O5. The molecule has 180 valence electrons. The van der Waals surface area contributed by atoms with Gasteiger partial charge in [0.25, 0.3) is 0 Å². The number of benzene rings is 2. The van der Waals surface area contributed by atoms with Gasteiger partial charge < -0.3 is 33.9 Å². The highest BCUT2D eigenvalue weighted by molar-refractivity contribution is 14.0. The Bertz CT molecular complexity index is 1220. The van der Waals surface area contributed by atoms with E-state index in [2.05, 4.69) is 15.5 Å². The Morgan fingerprint density at radius 1 is 1.24 bits per heavy atom. The number of methoxy groups -OCH3 is 2. The topological polar surface area (TPSA) is 127 Å². The van der Waals surface area contributed by atoms with E-state index in [4.69, 9.17) is 24.4 Å². The number of hydrogen-bond donors (Lipinski definition) is 1. The lowest BCUT2D eigenvalue weighted by molar-refractivity contribution is -0.930. The van der Waals surface area contributed by atoms with Gasteiger partial charge >= 0.3 is 0 Å². The lowest BCUT2D eigenvalue weighted by Gasteiger charge is -2.45. The van der Waals surface area contributed by atoms with E-state index in [1.54, 1.807) is 18.9 Å². The molecule has 1 N–H and O–H groups in total. The predicted octanol–water partition coefficient (Wildman–Crippen LogP) is 1.46. The molecule has 2 aliphatic heterocycles. The summed E-state index contributed by atoms with van der Waals surface area (Å²) in [7, 11) is 5.13. The molecule has 11 nitrogen and oxygen atoms in total. The Morgan fingerprint density at radius 2 is 2.00 bits per heavy atom. The lowest BCUT2D eigenvalue weighted by atomic mass is 9.88. The average molecular weight is 580 g/mol. The van der Waals surface area contributed by atoms with Gasteiger partial charge in [0.1, 0.15) is 12.3 Å². The molecule has 0 radical (unpaired) electrons. The fourth-order valence-corrected chi connectivity index (χ4v) is 4.78. The van der Waals surface area contributed by atoms with Gasteiger partial charge in [-0.05, 0) is 46.3 Å². The number of ether oxygens (including phenoxy) is 4. The van der Waals surface area contributed by atoms with Crippen LogP contribution >= 0.6 is 24.0 Å². The Balaban J connectivity index is 0.00000274. The molecule has 0 spiro atoms. The van der Waals surface area contributed by atoms with Crippen molar-refractivity contribution in [2.75, 3.05) is 41.1 Å². The van der Waals surface area contributed by atoms with Crippen LogP contribution in [0.4, 0.5) is 0 Å². The maximum Gasteiger partial charge on any atom is 0.231 e. The molecule has 5 rings (SSSR count). The van der Waals surface area contributed by atoms with E-state index >= 15 is 0 Å². The second kappa shape index (κ2) is 9.25. The molecule has 2 atom stereocenters. The van der Waals surface area contributed by atoms with E-state index in [0.717, 1.165) is 16.8 Å². The smallest absolute Gasteiger partial charge is 0.231 e. The quantitative estimate of drug-likeness (QED) is 0.201. The van der Waals surface area contributed by atoms with Crippen molar-refractivity contribution in [2.45, 2.75) is 12.5 Å². The highest BCUT2D eigenvalue weighted by atomic mass is 127. The standard InChI is InChI=1S/C22H24N6O5.HI/c1-28(11-17(23)29)9-8-13-10-16-20(33-12-32-16)21(31-3)18(13)19(28)22-24-25-26-27(22)14-4-6-15(30-2)7-5-14;/h4-7,10,19H,8-9,11-12H2,1-3H3,(H-,23,29);1H. The van der Waals surface area contributed by atoms with Gasteiger partial charge in [0.15, 0.2) is 17.5 Å². The van der Waals surface area contributed by atoms with Crippen LogP contribution in [0, 0.1) is 5.41 Å². The minimum absolute atomic E-state index is 0. The molecular weight excluding hydrogens is 555 g/mol. The van der Waals surface area contributed by atoms with E-state index < -0.39 is 11.9 Å². The zero-order chi connectivity index (χ0) is 23.2. The fraction of sp³-hybridized carbons (Fsp3) is 0.364. The van der Waals surface area contributed by atoms with Crippen molar-refractivity contribution >= 4 is 29.9 Å². The second-order valence-electron chi connectivity index (χ2n) is 8.30. The molecule has 2 aromatic carbocycles. The summed E-state index contributed by atoms with van der Waals surface area (Å²) in [5.74, 6) is 2.28. The fourth-order valence-electron chi connectivity index (χ4n) is 4.78. The first-order valence-corrected chi connectivity index (χ1v) is 10.5. The van der Waals surface area contributed by atoms with Crippen LogP contribution in [0.25, 0.3) is 5.69 Å². The monoisotopic (exact) mass is 580 g/mol. The van der Waals surface area contributed by atoms with Crippen molar-refractivity contribution in [3.63, 3.8) is 0 Å². The third-order valence-electron chi connectivity index (χ3n) is 6.30. The molecule has 3 heterocycles. The van der Waals surface area contributed by atoms with Crippen LogP contribution < -0.4 is 24.1 Å². The summed E-state index contributed by atoms with van der Waals surface area (Å²) in [5.41, 5.74) is 2.59. The molecule has 34 heavy (non-hydrogen) atoms. The van der Waals surface area contributed by atoms with Gasteiger partial charge in [-0.1, -0.05) is 0 Å². The maximum atomic E-state index is 12.0. The van der Waals surface area contributed by atoms with Crippen molar-refractivity contribution in [2.24, 2.45) is 0 Å². The van der Waals surface area contributed by atoms with Gasteiger partial charge in [0, 0.05) is 12.3 Å². The third-order valence-corrected chi connectivity index (χ3v) is 6.30. The number of hydrogen-bond acceptors (Lipinski definition) is 9. The Hall–Kier alpha value is -3.13. The number of nitrogens with zero attached hydrogens (tertiary/aromatic N) is 5. The van der Waals surface area contributed by atoms with E-state index in [9.17, 15) is 5.11 Å². The highest BCUT2D eigenvalue weighted by Crippen LogP contribution is 2.52. The third kappa shape index (κ3) is 3.90. The zero-order valence-electron chi connectivity index (χ0n) is 19.0. The van der Waals surface area contributed by atoms with E-state index in [0.29, 0.717) is 41.8 Å². The molecule has 2 aliphatic rings. The molecule has 0 saturated heterocycles. The number of nitrogens with one attached hydrogen (secondary N) is 1. The zero-order valence-corrected chi connectivity index (χ0v) is 21.3. The van der Waals surface area contributed by atoms with Crippen molar-refractivity contribution in [1.29, 1.82) is 5.41 Å². The molecule has 0 amide bonds. The minimum Gasteiger partial charge on any atom is -0.858 e. The van der Waals surface area contributed by atoms with E-state index in [1.165, 1.54) is 0 Å². The van der Waals surface area contributed by atoms with Crippen LogP contribution in [-0.4, -0.2) is 71.7 Å². The largest absolute Gasteiger partial charge is 0.858 e. The Labute approximate surface area is 213 Å². The second-order valence-corrected chi connectivity index (χ2v) is 8.30. The normalized spacial score (nSPS) is 20.3. The van der Waals surface area contributed by atoms with Gasteiger partial charge in [-0.2, -0.15) is 4.68 Å². The molecule has 0 saturated carbocycles. The summed E-state index contributed by atoms with van der Waals surface area (Å²) in [6, 6.07) is 8.86. The van der Waals surface area contributed by atoms with Crippen molar-refractivity contribution in [3.05, 3.63) is 47.3 Å². The highest BCUT2D eigenvalue weighted by Gasteiger charge is 2.47. The molecule has 0 bridgehead atoms. The van der Waals surface area contributed by atoms with Crippen LogP contribution in [0.15, 0.2) is 30.3 Å². The molecule has 0 fully saturated rings. The molecule has 3 aromatic rings. The Morgan fingerprint density at radius 3 is 2.68 bits per heavy atom. The van der Waals surface area contributed by atoms with Crippen molar-refractivity contribution in [3.8, 4) is 28.7 Å². The van der Waals surface area contributed by atoms with Gasteiger partial charge in [-0.3, -0.25) is 0 Å². The Kier molecular flexibility index (Phi) is 6.53. The van der Waals surface area contributed by atoms with E-state index in [1.807, 2.05) is 37.4 Å². The first-order valence-electron chi connectivity index (χ1n) is 10.5. The number of rotatable bonds is 6. The molecule has 1 aromatic heterocycles. The minimum atomic E-state index is -0.658. The molecule has 0 aliphatic carbocycles. The number of halogens is 1. The maximum absolute atomic E-state index is 12.0. The number of fused-ring (bicyclic) bond motifs is 2. The van der Waals surface area contributed by atoms with E-state index in [-0.39, 0.29) is 41.8 Å². The summed E-state index contributed by atoms with van der Waals surface area (Å²) in [4.78, 5) is 0. The van der Waals surface area contributed by atoms with Crippen LogP contribution in [0.3, 0.4) is 0 Å². The van der Waals surface area contributed by atoms with Gasteiger partial charge in [-0.25, -0.2) is 0 Å². The van der Waals surface area contributed by atoms with Crippen LogP contribution in [0.2, 0.25) is 0 Å².